The summed E-state index contributed by atoms with van der Waals surface area (Å²) in [5.41, 5.74) is 5.95. The smallest absolute Gasteiger partial charge is 0.138 e. The van der Waals surface area contributed by atoms with Crippen molar-refractivity contribution in [2.24, 2.45) is 17.6 Å². The molecule has 0 bridgehead atoms. The molecular formula is C14H26N4. The Balaban J connectivity index is 2.03. The summed E-state index contributed by atoms with van der Waals surface area (Å²) in [7, 11) is 0. The van der Waals surface area contributed by atoms with Gasteiger partial charge in [0.2, 0.25) is 0 Å². The Morgan fingerprint density at radius 1 is 1.28 bits per heavy atom. The molecule has 1 aliphatic rings. The molecule has 4 nitrogen and oxygen atoms in total. The molecule has 0 aromatic carbocycles. The minimum atomic E-state index is 0.680. The van der Waals surface area contributed by atoms with E-state index in [0.29, 0.717) is 11.8 Å². The second kappa shape index (κ2) is 6.88. The summed E-state index contributed by atoms with van der Waals surface area (Å²) in [5.74, 6) is 2.54. The van der Waals surface area contributed by atoms with E-state index in [1.807, 2.05) is 0 Å². The molecule has 1 fully saturated rings. The van der Waals surface area contributed by atoms with Gasteiger partial charge in [-0.3, -0.25) is 4.68 Å². The van der Waals surface area contributed by atoms with Crippen LogP contribution in [0.3, 0.4) is 0 Å². The molecule has 18 heavy (non-hydrogen) atoms. The van der Waals surface area contributed by atoms with Crippen LogP contribution in [0, 0.1) is 11.8 Å². The highest BCUT2D eigenvalue weighted by Crippen LogP contribution is 2.30. The predicted octanol–water partition coefficient (Wildman–Crippen LogP) is 2.39. The van der Waals surface area contributed by atoms with Crippen molar-refractivity contribution in [3.63, 3.8) is 0 Å². The fraction of sp³-hybridized carbons (Fsp3) is 0.857. The second-order valence-electron chi connectivity index (χ2n) is 5.50. The number of hydrogen-bond acceptors (Lipinski definition) is 3. The molecule has 1 aromatic heterocycles. The van der Waals surface area contributed by atoms with Crippen LogP contribution in [0.2, 0.25) is 0 Å². The zero-order valence-corrected chi connectivity index (χ0v) is 11.5. The first-order valence-electron chi connectivity index (χ1n) is 7.42. The van der Waals surface area contributed by atoms with Crippen molar-refractivity contribution in [3.8, 4) is 0 Å². The van der Waals surface area contributed by atoms with E-state index in [4.69, 9.17) is 5.73 Å². The molecule has 0 amide bonds. The van der Waals surface area contributed by atoms with Crippen molar-refractivity contribution in [2.75, 3.05) is 6.54 Å². The minimum absolute atomic E-state index is 0.680. The van der Waals surface area contributed by atoms with E-state index < -0.39 is 0 Å². The van der Waals surface area contributed by atoms with Gasteiger partial charge in [0.1, 0.15) is 12.2 Å². The standard InChI is InChI=1S/C14H26N4/c1-2-8-18-14(16-11-17-18)9-12-6-4-3-5-7-13(12)10-15/h11-13H,2-10,15H2,1H3. The fourth-order valence-corrected chi connectivity index (χ4v) is 3.12. The van der Waals surface area contributed by atoms with Crippen molar-refractivity contribution < 1.29 is 0 Å². The summed E-state index contributed by atoms with van der Waals surface area (Å²) >= 11 is 0. The Bertz CT molecular complexity index is 347. The van der Waals surface area contributed by atoms with Crippen LogP contribution in [-0.2, 0) is 13.0 Å². The van der Waals surface area contributed by atoms with E-state index >= 15 is 0 Å². The van der Waals surface area contributed by atoms with Gasteiger partial charge in [0.25, 0.3) is 0 Å². The van der Waals surface area contributed by atoms with Crippen LogP contribution in [-0.4, -0.2) is 21.3 Å². The Morgan fingerprint density at radius 3 is 2.78 bits per heavy atom. The SMILES string of the molecule is CCCn1ncnc1CC1CCCCCC1CN. The molecule has 1 saturated carbocycles. The number of nitrogens with two attached hydrogens (primary N) is 1. The molecule has 102 valence electrons. The highest BCUT2D eigenvalue weighted by atomic mass is 15.3. The Morgan fingerprint density at radius 2 is 2.06 bits per heavy atom. The van der Waals surface area contributed by atoms with Crippen LogP contribution in [0.1, 0.15) is 51.3 Å². The van der Waals surface area contributed by atoms with Gasteiger partial charge in [-0.2, -0.15) is 5.10 Å². The molecule has 1 aliphatic carbocycles. The van der Waals surface area contributed by atoms with Crippen LogP contribution in [0.5, 0.6) is 0 Å². The monoisotopic (exact) mass is 250 g/mol. The average molecular weight is 250 g/mol. The van der Waals surface area contributed by atoms with Crippen molar-refractivity contribution in [2.45, 2.75) is 58.4 Å². The molecular weight excluding hydrogens is 224 g/mol. The lowest BCUT2D eigenvalue weighted by molar-refractivity contribution is 0.308. The first kappa shape index (κ1) is 13.5. The van der Waals surface area contributed by atoms with E-state index in [1.54, 1.807) is 6.33 Å². The Hall–Kier alpha value is -0.900. The summed E-state index contributed by atoms with van der Waals surface area (Å²) in [4.78, 5) is 4.44. The van der Waals surface area contributed by atoms with Crippen molar-refractivity contribution >= 4 is 0 Å². The van der Waals surface area contributed by atoms with Crippen LogP contribution >= 0.6 is 0 Å². The summed E-state index contributed by atoms with van der Waals surface area (Å²) < 4.78 is 2.07. The molecule has 4 heteroatoms. The summed E-state index contributed by atoms with van der Waals surface area (Å²) in [6.07, 6.45) is 10.5. The zero-order valence-electron chi connectivity index (χ0n) is 11.5. The predicted molar refractivity (Wildman–Crippen MR) is 73.1 cm³/mol. The lowest BCUT2D eigenvalue weighted by Gasteiger charge is -2.23. The fourth-order valence-electron chi connectivity index (χ4n) is 3.12. The molecule has 2 N–H and O–H groups in total. The van der Waals surface area contributed by atoms with Gasteiger partial charge in [-0.15, -0.1) is 0 Å². The van der Waals surface area contributed by atoms with Gasteiger partial charge in [0, 0.05) is 13.0 Å². The normalized spacial score (nSPS) is 25.0. The molecule has 0 spiro atoms. The topological polar surface area (TPSA) is 56.7 Å². The third kappa shape index (κ3) is 3.31. The van der Waals surface area contributed by atoms with Crippen LogP contribution in [0.15, 0.2) is 6.33 Å². The molecule has 2 rings (SSSR count). The van der Waals surface area contributed by atoms with E-state index in [9.17, 15) is 0 Å². The van der Waals surface area contributed by atoms with Crippen LogP contribution in [0.4, 0.5) is 0 Å². The Labute approximate surface area is 110 Å². The zero-order chi connectivity index (χ0) is 12.8. The van der Waals surface area contributed by atoms with Gasteiger partial charge < -0.3 is 5.73 Å². The van der Waals surface area contributed by atoms with E-state index in [1.165, 1.54) is 32.1 Å². The van der Waals surface area contributed by atoms with Crippen molar-refractivity contribution in [3.05, 3.63) is 12.2 Å². The molecule has 2 atom stereocenters. The second-order valence-corrected chi connectivity index (χ2v) is 5.50. The van der Waals surface area contributed by atoms with Gasteiger partial charge in [-0.05, 0) is 37.6 Å². The van der Waals surface area contributed by atoms with Gasteiger partial charge >= 0.3 is 0 Å². The highest BCUT2D eigenvalue weighted by Gasteiger charge is 2.24. The third-order valence-corrected chi connectivity index (χ3v) is 4.20. The van der Waals surface area contributed by atoms with E-state index in [-0.39, 0.29) is 0 Å². The summed E-state index contributed by atoms with van der Waals surface area (Å²) in [6.45, 7) is 3.99. The number of aryl methyl sites for hydroxylation is 1. The minimum Gasteiger partial charge on any atom is -0.330 e. The molecule has 1 heterocycles. The summed E-state index contributed by atoms with van der Waals surface area (Å²) in [6, 6.07) is 0. The highest BCUT2D eigenvalue weighted by molar-refractivity contribution is 4.90. The maximum absolute atomic E-state index is 5.95. The van der Waals surface area contributed by atoms with Crippen molar-refractivity contribution in [1.29, 1.82) is 0 Å². The first-order chi connectivity index (χ1) is 8.85. The molecule has 2 unspecified atom stereocenters. The van der Waals surface area contributed by atoms with Gasteiger partial charge in [0.15, 0.2) is 0 Å². The van der Waals surface area contributed by atoms with E-state index in [2.05, 4.69) is 21.7 Å². The number of nitrogens with zero attached hydrogens (tertiary/aromatic N) is 3. The summed E-state index contributed by atoms with van der Waals surface area (Å²) in [5, 5.41) is 4.32. The first-order valence-corrected chi connectivity index (χ1v) is 7.42. The number of aromatic nitrogens is 3. The largest absolute Gasteiger partial charge is 0.330 e. The maximum Gasteiger partial charge on any atom is 0.138 e. The van der Waals surface area contributed by atoms with Gasteiger partial charge in [-0.1, -0.05) is 26.2 Å². The average Bonchev–Trinajstić information content (AvgIpc) is 2.68. The van der Waals surface area contributed by atoms with Gasteiger partial charge in [-0.25, -0.2) is 4.98 Å². The quantitative estimate of drug-likeness (QED) is 0.816. The third-order valence-electron chi connectivity index (χ3n) is 4.20. The number of hydrogen-bond donors (Lipinski definition) is 1. The Kier molecular flexibility index (Phi) is 5.17. The van der Waals surface area contributed by atoms with E-state index in [0.717, 1.165) is 31.8 Å². The number of rotatable bonds is 5. The van der Waals surface area contributed by atoms with Crippen LogP contribution in [0.25, 0.3) is 0 Å². The van der Waals surface area contributed by atoms with Gasteiger partial charge in [0.05, 0.1) is 0 Å². The molecule has 0 saturated heterocycles. The molecule has 0 aliphatic heterocycles. The molecule has 0 radical (unpaired) electrons. The maximum atomic E-state index is 5.95. The lowest BCUT2D eigenvalue weighted by atomic mass is 9.85. The molecule has 1 aromatic rings. The lowest BCUT2D eigenvalue weighted by Crippen LogP contribution is -2.25. The van der Waals surface area contributed by atoms with Crippen LogP contribution < -0.4 is 5.73 Å². The van der Waals surface area contributed by atoms with Crippen molar-refractivity contribution in [1.82, 2.24) is 14.8 Å².